The van der Waals surface area contributed by atoms with Crippen LogP contribution in [0.15, 0.2) is 36.5 Å². The van der Waals surface area contributed by atoms with Gasteiger partial charge >= 0.3 is 0 Å². The van der Waals surface area contributed by atoms with Crippen molar-refractivity contribution < 1.29 is 13.2 Å². The van der Waals surface area contributed by atoms with Crippen molar-refractivity contribution in [1.29, 1.82) is 0 Å². The summed E-state index contributed by atoms with van der Waals surface area (Å²) in [6.07, 6.45) is 2.12. The summed E-state index contributed by atoms with van der Waals surface area (Å²) < 4.78 is 25.1. The Bertz CT molecular complexity index is 859. The molecule has 3 rings (SSSR count). The largest absolute Gasteiger partial charge is 0.334 e. The summed E-state index contributed by atoms with van der Waals surface area (Å²) >= 11 is 0. The van der Waals surface area contributed by atoms with Crippen molar-refractivity contribution in [2.45, 2.75) is 32.9 Å². The summed E-state index contributed by atoms with van der Waals surface area (Å²) in [5, 5.41) is 4.31. The van der Waals surface area contributed by atoms with Gasteiger partial charge in [0.05, 0.1) is 29.3 Å². The SMILES string of the molecule is CCN(Cc1ccccc1)C(=O)c1cnn(C2CCS(=O)(=O)C2)c1C. The van der Waals surface area contributed by atoms with E-state index in [-0.39, 0.29) is 23.5 Å². The Labute approximate surface area is 148 Å². The molecule has 1 aromatic carbocycles. The van der Waals surface area contributed by atoms with Crippen LogP contribution in [0.25, 0.3) is 0 Å². The molecule has 0 radical (unpaired) electrons. The van der Waals surface area contributed by atoms with Gasteiger partial charge in [-0.3, -0.25) is 9.48 Å². The lowest BCUT2D eigenvalue weighted by molar-refractivity contribution is 0.0751. The number of rotatable bonds is 5. The number of hydrogen-bond donors (Lipinski definition) is 0. The number of carbonyl (C=O) groups is 1. The molecule has 1 fully saturated rings. The first-order chi connectivity index (χ1) is 11.9. The third-order valence-electron chi connectivity index (χ3n) is 4.71. The van der Waals surface area contributed by atoms with Gasteiger partial charge in [0.1, 0.15) is 0 Å². The summed E-state index contributed by atoms with van der Waals surface area (Å²) in [5.74, 6) is 0.218. The van der Waals surface area contributed by atoms with Gasteiger partial charge < -0.3 is 4.90 Å². The fourth-order valence-electron chi connectivity index (χ4n) is 3.27. The predicted octanol–water partition coefficient (Wildman–Crippen LogP) is 2.21. The predicted molar refractivity (Wildman–Crippen MR) is 96.1 cm³/mol. The number of amides is 1. The zero-order valence-electron chi connectivity index (χ0n) is 14.6. The van der Waals surface area contributed by atoms with Gasteiger partial charge in [0.15, 0.2) is 9.84 Å². The molecule has 2 aromatic rings. The minimum Gasteiger partial charge on any atom is -0.334 e. The van der Waals surface area contributed by atoms with Crippen LogP contribution in [0.3, 0.4) is 0 Å². The van der Waals surface area contributed by atoms with E-state index in [0.717, 1.165) is 11.3 Å². The Balaban J connectivity index is 1.80. The normalized spacial score (nSPS) is 19.0. The highest BCUT2D eigenvalue weighted by Crippen LogP contribution is 2.26. The van der Waals surface area contributed by atoms with E-state index >= 15 is 0 Å². The van der Waals surface area contributed by atoms with E-state index in [0.29, 0.717) is 25.1 Å². The first kappa shape index (κ1) is 17.7. The molecule has 0 N–H and O–H groups in total. The van der Waals surface area contributed by atoms with E-state index in [9.17, 15) is 13.2 Å². The van der Waals surface area contributed by atoms with Crippen molar-refractivity contribution in [2.24, 2.45) is 0 Å². The van der Waals surface area contributed by atoms with Gasteiger partial charge in [-0.2, -0.15) is 5.10 Å². The van der Waals surface area contributed by atoms with Crippen LogP contribution < -0.4 is 0 Å². The molecule has 1 aliphatic heterocycles. The molecule has 2 heterocycles. The van der Waals surface area contributed by atoms with Gasteiger partial charge in [0.2, 0.25) is 0 Å². The summed E-state index contributed by atoms with van der Waals surface area (Å²) in [5.41, 5.74) is 2.35. The van der Waals surface area contributed by atoms with Crippen LogP contribution >= 0.6 is 0 Å². The lowest BCUT2D eigenvalue weighted by Crippen LogP contribution is -2.30. The highest BCUT2D eigenvalue weighted by Gasteiger charge is 2.32. The second-order valence-electron chi connectivity index (χ2n) is 6.45. The molecule has 1 amide bonds. The molecular formula is C18H23N3O3S. The van der Waals surface area contributed by atoms with Crippen LogP contribution in [0, 0.1) is 6.92 Å². The number of benzene rings is 1. The standard InChI is InChI=1S/C18H23N3O3S/c1-3-20(12-15-7-5-4-6-8-15)18(22)17-11-19-21(14(17)2)16-9-10-25(23,24)13-16/h4-8,11,16H,3,9-10,12-13H2,1-2H3. The number of nitrogens with zero attached hydrogens (tertiary/aromatic N) is 3. The molecule has 1 unspecified atom stereocenters. The summed E-state index contributed by atoms with van der Waals surface area (Å²) in [6.45, 7) is 4.92. The van der Waals surface area contributed by atoms with E-state index in [4.69, 9.17) is 0 Å². The van der Waals surface area contributed by atoms with Crippen LogP contribution in [0.5, 0.6) is 0 Å². The van der Waals surface area contributed by atoms with Crippen molar-refractivity contribution in [3.8, 4) is 0 Å². The molecule has 1 atom stereocenters. The molecule has 0 bridgehead atoms. The van der Waals surface area contributed by atoms with Crippen molar-refractivity contribution in [3.05, 3.63) is 53.3 Å². The Morgan fingerprint density at radius 2 is 2.04 bits per heavy atom. The summed E-state index contributed by atoms with van der Waals surface area (Å²) in [6, 6.07) is 9.68. The lowest BCUT2D eigenvalue weighted by atomic mass is 10.1. The maximum atomic E-state index is 12.9. The first-order valence-electron chi connectivity index (χ1n) is 8.49. The minimum atomic E-state index is -2.99. The molecular weight excluding hydrogens is 338 g/mol. The minimum absolute atomic E-state index is 0.0732. The molecule has 134 valence electrons. The lowest BCUT2D eigenvalue weighted by Gasteiger charge is -2.21. The molecule has 1 saturated heterocycles. The van der Waals surface area contributed by atoms with Crippen LogP contribution in [0.4, 0.5) is 0 Å². The maximum absolute atomic E-state index is 12.9. The Hall–Kier alpha value is -2.15. The van der Waals surface area contributed by atoms with E-state index in [1.165, 1.54) is 0 Å². The van der Waals surface area contributed by atoms with Crippen LogP contribution in [0.2, 0.25) is 0 Å². The van der Waals surface area contributed by atoms with Crippen molar-refractivity contribution in [3.63, 3.8) is 0 Å². The van der Waals surface area contributed by atoms with Gasteiger partial charge in [-0.15, -0.1) is 0 Å². The molecule has 0 saturated carbocycles. The zero-order valence-corrected chi connectivity index (χ0v) is 15.4. The van der Waals surface area contributed by atoms with Crippen molar-refractivity contribution >= 4 is 15.7 Å². The Morgan fingerprint density at radius 1 is 1.32 bits per heavy atom. The molecule has 25 heavy (non-hydrogen) atoms. The Morgan fingerprint density at radius 3 is 2.64 bits per heavy atom. The van der Waals surface area contributed by atoms with E-state index < -0.39 is 9.84 Å². The smallest absolute Gasteiger partial charge is 0.257 e. The van der Waals surface area contributed by atoms with Crippen LogP contribution in [-0.2, 0) is 16.4 Å². The molecule has 0 spiro atoms. The number of sulfone groups is 1. The topological polar surface area (TPSA) is 72.3 Å². The van der Waals surface area contributed by atoms with Crippen molar-refractivity contribution in [2.75, 3.05) is 18.1 Å². The molecule has 7 heteroatoms. The fourth-order valence-corrected chi connectivity index (χ4v) is 4.96. The first-order valence-corrected chi connectivity index (χ1v) is 10.3. The van der Waals surface area contributed by atoms with Gasteiger partial charge in [-0.25, -0.2) is 8.42 Å². The van der Waals surface area contributed by atoms with E-state index in [1.54, 1.807) is 15.8 Å². The molecule has 1 aromatic heterocycles. The van der Waals surface area contributed by atoms with Gasteiger partial charge in [-0.1, -0.05) is 30.3 Å². The highest BCUT2D eigenvalue weighted by atomic mass is 32.2. The third kappa shape index (κ3) is 3.76. The molecule has 1 aliphatic rings. The Kier molecular flexibility index (Phi) is 4.94. The van der Waals surface area contributed by atoms with E-state index in [1.807, 2.05) is 44.2 Å². The van der Waals surface area contributed by atoms with Crippen molar-refractivity contribution in [1.82, 2.24) is 14.7 Å². The molecule has 6 nitrogen and oxygen atoms in total. The van der Waals surface area contributed by atoms with E-state index in [2.05, 4.69) is 5.10 Å². The quantitative estimate of drug-likeness (QED) is 0.818. The number of aromatic nitrogens is 2. The second kappa shape index (κ2) is 7.00. The monoisotopic (exact) mass is 361 g/mol. The highest BCUT2D eigenvalue weighted by molar-refractivity contribution is 7.91. The average Bonchev–Trinajstić information content (AvgIpc) is 3.15. The number of carbonyl (C=O) groups excluding carboxylic acids is 1. The maximum Gasteiger partial charge on any atom is 0.257 e. The van der Waals surface area contributed by atoms with Gasteiger partial charge in [0, 0.05) is 18.8 Å². The summed E-state index contributed by atoms with van der Waals surface area (Å²) in [4.78, 5) is 14.7. The van der Waals surface area contributed by atoms with Crippen LogP contribution in [0.1, 0.15) is 41.0 Å². The second-order valence-corrected chi connectivity index (χ2v) is 8.68. The van der Waals surface area contributed by atoms with Gasteiger partial charge in [0.25, 0.3) is 5.91 Å². The van der Waals surface area contributed by atoms with Gasteiger partial charge in [-0.05, 0) is 25.8 Å². The van der Waals surface area contributed by atoms with Crippen LogP contribution in [-0.4, -0.2) is 47.1 Å². The average molecular weight is 361 g/mol. The third-order valence-corrected chi connectivity index (χ3v) is 6.46. The zero-order chi connectivity index (χ0) is 18.0. The summed E-state index contributed by atoms with van der Waals surface area (Å²) in [7, 11) is -2.99. The molecule has 0 aliphatic carbocycles. The number of hydrogen-bond acceptors (Lipinski definition) is 4. The fraction of sp³-hybridized carbons (Fsp3) is 0.444.